The molecule has 0 radical (unpaired) electrons. The van der Waals surface area contributed by atoms with Crippen molar-refractivity contribution in [3.05, 3.63) is 36.5 Å². The third-order valence-corrected chi connectivity index (χ3v) is 2.22. The van der Waals surface area contributed by atoms with Crippen molar-refractivity contribution in [2.24, 2.45) is 0 Å². The van der Waals surface area contributed by atoms with Gasteiger partial charge in [-0.2, -0.15) is 0 Å². The number of imidazole rings is 1. The highest BCUT2D eigenvalue weighted by Crippen LogP contribution is 2.11. The molecule has 2 aromatic heterocycles. The van der Waals surface area contributed by atoms with Crippen LogP contribution in [-0.2, 0) is 13.2 Å². The molecule has 0 fully saturated rings. The van der Waals surface area contributed by atoms with Crippen LogP contribution < -0.4 is 10.5 Å². The maximum absolute atomic E-state index is 5.62. The lowest BCUT2D eigenvalue weighted by Gasteiger charge is -2.06. The van der Waals surface area contributed by atoms with Gasteiger partial charge in [0, 0.05) is 18.9 Å². The Balaban J connectivity index is 2.04. The molecule has 0 saturated heterocycles. The average Bonchev–Trinajstić information content (AvgIpc) is 2.68. The number of hydrogen-bond donors (Lipinski definition) is 1. The zero-order valence-corrected chi connectivity index (χ0v) is 9.13. The minimum atomic E-state index is 0.400. The predicted octanol–water partition coefficient (Wildman–Crippen LogP) is 1.46. The van der Waals surface area contributed by atoms with Crippen LogP contribution >= 0.6 is 0 Å². The summed E-state index contributed by atoms with van der Waals surface area (Å²) >= 11 is 0. The molecule has 0 aliphatic heterocycles. The first kappa shape index (κ1) is 10.5. The summed E-state index contributed by atoms with van der Waals surface area (Å²) < 4.78 is 7.51. The number of aryl methyl sites for hydroxylation is 1. The van der Waals surface area contributed by atoms with Crippen molar-refractivity contribution in [3.63, 3.8) is 0 Å². The van der Waals surface area contributed by atoms with Gasteiger partial charge in [0.15, 0.2) is 0 Å². The Hall–Kier alpha value is -2.04. The molecule has 0 aromatic carbocycles. The van der Waals surface area contributed by atoms with E-state index in [0.717, 1.165) is 18.1 Å². The number of nitrogens with zero attached hydrogens (tertiary/aromatic N) is 3. The number of pyridine rings is 1. The monoisotopic (exact) mass is 218 g/mol. The Morgan fingerprint density at radius 2 is 2.38 bits per heavy atom. The number of nitrogens with two attached hydrogens (primary N) is 1. The molecule has 0 unspecified atom stereocenters. The Labute approximate surface area is 93.9 Å². The van der Waals surface area contributed by atoms with Gasteiger partial charge in [-0.05, 0) is 19.1 Å². The molecule has 2 N–H and O–H groups in total. The second-order valence-corrected chi connectivity index (χ2v) is 3.35. The van der Waals surface area contributed by atoms with Crippen molar-refractivity contribution in [3.8, 4) is 5.75 Å². The van der Waals surface area contributed by atoms with E-state index in [9.17, 15) is 0 Å². The number of nitrogen functional groups attached to an aromatic ring is 1. The Bertz CT molecular complexity index is 452. The summed E-state index contributed by atoms with van der Waals surface area (Å²) in [5.41, 5.74) is 5.62. The van der Waals surface area contributed by atoms with E-state index in [1.807, 2.05) is 29.8 Å². The highest BCUT2D eigenvalue weighted by molar-refractivity contribution is 5.26. The number of hydrogen-bond acceptors (Lipinski definition) is 4. The van der Waals surface area contributed by atoms with Gasteiger partial charge in [-0.15, -0.1) is 0 Å². The van der Waals surface area contributed by atoms with E-state index in [-0.39, 0.29) is 0 Å². The van der Waals surface area contributed by atoms with E-state index in [0.29, 0.717) is 12.4 Å². The van der Waals surface area contributed by atoms with Gasteiger partial charge >= 0.3 is 0 Å². The van der Waals surface area contributed by atoms with Gasteiger partial charge in [0.2, 0.25) is 0 Å². The summed E-state index contributed by atoms with van der Waals surface area (Å²) in [7, 11) is 0. The highest BCUT2D eigenvalue weighted by Gasteiger charge is 2.05. The van der Waals surface area contributed by atoms with Gasteiger partial charge in [-0.25, -0.2) is 4.98 Å². The fraction of sp³-hybridized carbons (Fsp3) is 0.273. The first-order valence-electron chi connectivity index (χ1n) is 5.14. The predicted molar refractivity (Wildman–Crippen MR) is 60.9 cm³/mol. The standard InChI is InChI=1S/C11H14N4O/c1-2-15-7-10(12)14-11(15)8-16-9-4-3-5-13-6-9/h3-7H,2,8,12H2,1H3. The van der Waals surface area contributed by atoms with Crippen molar-refractivity contribution in [1.82, 2.24) is 14.5 Å². The molecule has 16 heavy (non-hydrogen) atoms. The molecule has 0 saturated carbocycles. The van der Waals surface area contributed by atoms with Gasteiger partial charge < -0.3 is 15.0 Å². The van der Waals surface area contributed by atoms with E-state index in [1.165, 1.54) is 0 Å². The lowest BCUT2D eigenvalue weighted by atomic mass is 10.5. The molecule has 84 valence electrons. The van der Waals surface area contributed by atoms with E-state index in [4.69, 9.17) is 10.5 Å². The molecule has 0 bridgehead atoms. The van der Waals surface area contributed by atoms with Gasteiger partial charge in [0.1, 0.15) is 24.0 Å². The largest absolute Gasteiger partial charge is 0.484 e. The lowest BCUT2D eigenvalue weighted by molar-refractivity contribution is 0.289. The summed E-state index contributed by atoms with van der Waals surface area (Å²) in [4.78, 5) is 8.16. The first-order valence-corrected chi connectivity index (χ1v) is 5.14. The van der Waals surface area contributed by atoms with Crippen LogP contribution in [0.3, 0.4) is 0 Å². The van der Waals surface area contributed by atoms with Gasteiger partial charge in [-0.1, -0.05) is 0 Å². The zero-order valence-electron chi connectivity index (χ0n) is 9.13. The number of rotatable bonds is 4. The van der Waals surface area contributed by atoms with Crippen molar-refractivity contribution in [2.45, 2.75) is 20.1 Å². The Kier molecular flexibility index (Phi) is 3.05. The summed E-state index contributed by atoms with van der Waals surface area (Å²) in [6.45, 7) is 3.27. The van der Waals surface area contributed by atoms with Crippen molar-refractivity contribution in [2.75, 3.05) is 5.73 Å². The SMILES string of the molecule is CCn1cc(N)nc1COc1cccnc1. The fourth-order valence-electron chi connectivity index (χ4n) is 1.45. The van der Waals surface area contributed by atoms with Crippen molar-refractivity contribution >= 4 is 5.82 Å². The molecule has 2 aromatic rings. The minimum Gasteiger partial charge on any atom is -0.484 e. The van der Waals surface area contributed by atoms with Crippen LogP contribution in [0.4, 0.5) is 5.82 Å². The molecular weight excluding hydrogens is 204 g/mol. The molecule has 5 nitrogen and oxygen atoms in total. The van der Waals surface area contributed by atoms with E-state index < -0.39 is 0 Å². The third-order valence-electron chi connectivity index (χ3n) is 2.22. The van der Waals surface area contributed by atoms with Crippen LogP contribution in [0.1, 0.15) is 12.7 Å². The lowest BCUT2D eigenvalue weighted by Crippen LogP contribution is -2.05. The van der Waals surface area contributed by atoms with E-state index >= 15 is 0 Å². The quantitative estimate of drug-likeness (QED) is 0.843. The molecule has 0 amide bonds. The zero-order chi connectivity index (χ0) is 11.4. The van der Waals surface area contributed by atoms with Crippen molar-refractivity contribution < 1.29 is 4.74 Å². The minimum absolute atomic E-state index is 0.400. The summed E-state index contributed by atoms with van der Waals surface area (Å²) in [5, 5.41) is 0. The Morgan fingerprint density at radius 1 is 1.50 bits per heavy atom. The highest BCUT2D eigenvalue weighted by atomic mass is 16.5. The average molecular weight is 218 g/mol. The van der Waals surface area contributed by atoms with Gasteiger partial charge in [-0.3, -0.25) is 4.98 Å². The molecular formula is C11H14N4O. The number of ether oxygens (including phenoxy) is 1. The van der Waals surface area contributed by atoms with Crippen LogP contribution in [0.5, 0.6) is 5.75 Å². The van der Waals surface area contributed by atoms with Crippen LogP contribution in [0.15, 0.2) is 30.7 Å². The van der Waals surface area contributed by atoms with Crippen LogP contribution in [0.2, 0.25) is 0 Å². The topological polar surface area (TPSA) is 66.0 Å². The van der Waals surface area contributed by atoms with Gasteiger partial charge in [0.05, 0.1) is 6.20 Å². The molecule has 0 aliphatic carbocycles. The second kappa shape index (κ2) is 4.65. The van der Waals surface area contributed by atoms with Crippen molar-refractivity contribution in [1.29, 1.82) is 0 Å². The van der Waals surface area contributed by atoms with Crippen LogP contribution in [0.25, 0.3) is 0 Å². The van der Waals surface area contributed by atoms with Crippen LogP contribution in [0, 0.1) is 0 Å². The summed E-state index contributed by atoms with van der Waals surface area (Å²) in [5.74, 6) is 2.07. The van der Waals surface area contributed by atoms with E-state index in [2.05, 4.69) is 9.97 Å². The molecule has 2 rings (SSSR count). The van der Waals surface area contributed by atoms with E-state index in [1.54, 1.807) is 12.4 Å². The molecule has 0 aliphatic rings. The fourth-order valence-corrected chi connectivity index (χ4v) is 1.45. The Morgan fingerprint density at radius 3 is 3.06 bits per heavy atom. The third kappa shape index (κ3) is 2.31. The van der Waals surface area contributed by atoms with Crippen LogP contribution in [-0.4, -0.2) is 14.5 Å². The number of aromatic nitrogens is 3. The number of anilines is 1. The first-order chi connectivity index (χ1) is 7.79. The smallest absolute Gasteiger partial charge is 0.149 e. The molecule has 0 spiro atoms. The maximum atomic E-state index is 5.62. The summed E-state index contributed by atoms with van der Waals surface area (Å²) in [6, 6.07) is 3.69. The van der Waals surface area contributed by atoms with Gasteiger partial charge in [0.25, 0.3) is 0 Å². The maximum Gasteiger partial charge on any atom is 0.149 e. The molecule has 0 atom stereocenters. The summed E-state index contributed by atoms with van der Waals surface area (Å²) in [6.07, 6.45) is 5.18. The molecule has 5 heteroatoms. The normalized spacial score (nSPS) is 10.3. The second-order valence-electron chi connectivity index (χ2n) is 3.35. The molecule has 2 heterocycles.